The third kappa shape index (κ3) is 7.34. The fourth-order valence-corrected chi connectivity index (χ4v) is 5.64. The maximum atomic E-state index is 12.1. The maximum Gasteiger partial charge on any atom is 0.311 e. The SMILES string of the molecule is Cc1cccc(N2CCN(CCCCOc3ccc4ccc(OCOC(=O)C5CCCC5)nc4c3)CC2)c1Cl. The van der Waals surface area contributed by atoms with Crippen molar-refractivity contribution in [3.63, 3.8) is 0 Å². The molecule has 0 amide bonds. The summed E-state index contributed by atoms with van der Waals surface area (Å²) < 4.78 is 16.9. The Morgan fingerprint density at radius 1 is 1.00 bits per heavy atom. The number of carbonyl (C=O) groups excluding carboxylic acids is 1. The predicted molar refractivity (Wildman–Crippen MR) is 155 cm³/mol. The van der Waals surface area contributed by atoms with Crippen molar-refractivity contribution in [2.24, 2.45) is 5.92 Å². The first-order valence-corrected chi connectivity index (χ1v) is 14.5. The zero-order chi connectivity index (χ0) is 27.0. The highest BCUT2D eigenvalue weighted by molar-refractivity contribution is 6.34. The number of hydrogen-bond acceptors (Lipinski definition) is 7. The molecule has 0 radical (unpaired) electrons. The van der Waals surface area contributed by atoms with Gasteiger partial charge in [0.2, 0.25) is 12.7 Å². The zero-order valence-electron chi connectivity index (χ0n) is 22.7. The molecule has 39 heavy (non-hydrogen) atoms. The Morgan fingerprint density at radius 3 is 2.62 bits per heavy atom. The quantitative estimate of drug-likeness (QED) is 0.159. The highest BCUT2D eigenvalue weighted by atomic mass is 35.5. The van der Waals surface area contributed by atoms with Crippen LogP contribution in [0.5, 0.6) is 11.6 Å². The third-order valence-electron chi connectivity index (χ3n) is 7.76. The molecule has 1 aromatic heterocycles. The number of anilines is 1. The van der Waals surface area contributed by atoms with E-state index in [0.29, 0.717) is 12.5 Å². The molecule has 0 unspecified atom stereocenters. The molecule has 0 atom stereocenters. The second kappa shape index (κ2) is 13.4. The molecule has 0 bridgehead atoms. The van der Waals surface area contributed by atoms with Gasteiger partial charge in [0, 0.05) is 43.7 Å². The minimum atomic E-state index is -0.168. The highest BCUT2D eigenvalue weighted by Gasteiger charge is 2.24. The molecule has 208 valence electrons. The molecule has 1 saturated carbocycles. The standard InChI is InChI=1S/C31H38ClN3O4/c1-23-7-6-10-28(30(23)32)35-18-16-34(17-19-35)15-4-5-20-37-26-13-11-24-12-14-29(33-27(24)21-26)38-22-39-31(36)25-8-2-3-9-25/h6-7,10-14,21,25H,2-5,8-9,15-20,22H2,1H3. The van der Waals surface area contributed by atoms with Crippen molar-refractivity contribution in [1.82, 2.24) is 9.88 Å². The second-order valence-electron chi connectivity index (χ2n) is 10.5. The van der Waals surface area contributed by atoms with Crippen LogP contribution in [0.3, 0.4) is 0 Å². The fourth-order valence-electron chi connectivity index (χ4n) is 5.39. The Morgan fingerprint density at radius 2 is 1.79 bits per heavy atom. The molecule has 2 aromatic carbocycles. The number of halogens is 1. The lowest BCUT2D eigenvalue weighted by Crippen LogP contribution is -2.46. The normalized spacial score (nSPS) is 16.5. The smallest absolute Gasteiger partial charge is 0.311 e. The van der Waals surface area contributed by atoms with Gasteiger partial charge in [0.1, 0.15) is 5.75 Å². The van der Waals surface area contributed by atoms with E-state index in [1.807, 2.05) is 24.3 Å². The van der Waals surface area contributed by atoms with E-state index >= 15 is 0 Å². The van der Waals surface area contributed by atoms with Crippen molar-refractivity contribution in [3.05, 3.63) is 59.1 Å². The molecule has 1 aliphatic carbocycles. The van der Waals surface area contributed by atoms with Crippen molar-refractivity contribution in [3.8, 4) is 11.6 Å². The van der Waals surface area contributed by atoms with E-state index in [-0.39, 0.29) is 18.7 Å². The molecular formula is C31H38ClN3O4. The largest absolute Gasteiger partial charge is 0.494 e. The van der Waals surface area contributed by atoms with Gasteiger partial charge in [-0.05, 0) is 69.0 Å². The van der Waals surface area contributed by atoms with Gasteiger partial charge < -0.3 is 19.1 Å². The predicted octanol–water partition coefficient (Wildman–Crippen LogP) is 6.25. The molecule has 2 fully saturated rings. The fraction of sp³-hybridized carbons (Fsp3) is 0.484. The van der Waals surface area contributed by atoms with Gasteiger partial charge in [-0.1, -0.05) is 36.6 Å². The van der Waals surface area contributed by atoms with Gasteiger partial charge in [0.05, 0.1) is 28.8 Å². The van der Waals surface area contributed by atoms with E-state index in [4.69, 9.17) is 25.8 Å². The lowest BCUT2D eigenvalue weighted by atomic mass is 10.1. The molecule has 2 aliphatic rings. The number of aryl methyl sites for hydroxylation is 1. The van der Waals surface area contributed by atoms with Gasteiger partial charge in [-0.15, -0.1) is 0 Å². The number of benzene rings is 2. The van der Waals surface area contributed by atoms with Gasteiger partial charge in [0.25, 0.3) is 0 Å². The van der Waals surface area contributed by atoms with Crippen molar-refractivity contribution in [1.29, 1.82) is 0 Å². The van der Waals surface area contributed by atoms with Crippen LogP contribution in [0.2, 0.25) is 5.02 Å². The summed E-state index contributed by atoms with van der Waals surface area (Å²) in [5, 5.41) is 1.87. The average Bonchev–Trinajstić information content (AvgIpc) is 3.50. The lowest BCUT2D eigenvalue weighted by molar-refractivity contribution is -0.155. The summed E-state index contributed by atoms with van der Waals surface area (Å²) in [6, 6.07) is 15.9. The second-order valence-corrected chi connectivity index (χ2v) is 10.9. The molecule has 1 saturated heterocycles. The number of nitrogens with zero attached hydrogens (tertiary/aromatic N) is 3. The minimum Gasteiger partial charge on any atom is -0.494 e. The first-order valence-electron chi connectivity index (χ1n) is 14.1. The minimum absolute atomic E-state index is 0.0201. The molecular weight excluding hydrogens is 514 g/mol. The summed E-state index contributed by atoms with van der Waals surface area (Å²) in [6.45, 7) is 7.78. The van der Waals surface area contributed by atoms with E-state index in [2.05, 4.69) is 39.9 Å². The van der Waals surface area contributed by atoms with Crippen LogP contribution >= 0.6 is 11.6 Å². The van der Waals surface area contributed by atoms with E-state index in [9.17, 15) is 4.79 Å². The summed E-state index contributed by atoms with van der Waals surface area (Å²) in [7, 11) is 0. The summed E-state index contributed by atoms with van der Waals surface area (Å²) >= 11 is 6.53. The number of unbranched alkanes of at least 4 members (excludes halogenated alkanes) is 1. The number of aromatic nitrogens is 1. The summed E-state index contributed by atoms with van der Waals surface area (Å²) in [5.41, 5.74) is 3.07. The summed E-state index contributed by atoms with van der Waals surface area (Å²) in [6.07, 6.45) is 6.10. The Labute approximate surface area is 236 Å². The Bertz CT molecular complexity index is 1260. The van der Waals surface area contributed by atoms with Crippen LogP contribution in [0.4, 0.5) is 5.69 Å². The molecule has 8 heteroatoms. The monoisotopic (exact) mass is 551 g/mol. The number of pyridine rings is 1. The molecule has 0 spiro atoms. The Kier molecular flexibility index (Phi) is 9.43. The van der Waals surface area contributed by atoms with E-state index in [1.54, 1.807) is 6.07 Å². The van der Waals surface area contributed by atoms with Crippen LogP contribution in [0, 0.1) is 12.8 Å². The first kappa shape index (κ1) is 27.5. The number of rotatable bonds is 11. The van der Waals surface area contributed by atoms with Crippen LogP contribution in [0.25, 0.3) is 10.9 Å². The van der Waals surface area contributed by atoms with E-state index in [1.165, 1.54) is 0 Å². The Balaban J connectivity index is 1.01. The van der Waals surface area contributed by atoms with Crippen molar-refractivity contribution >= 4 is 34.2 Å². The first-order chi connectivity index (χ1) is 19.1. The van der Waals surface area contributed by atoms with Gasteiger partial charge in [-0.2, -0.15) is 0 Å². The highest BCUT2D eigenvalue weighted by Crippen LogP contribution is 2.30. The van der Waals surface area contributed by atoms with Crippen LogP contribution in [-0.2, 0) is 9.53 Å². The molecule has 7 nitrogen and oxygen atoms in total. The third-order valence-corrected chi connectivity index (χ3v) is 8.25. The number of carbonyl (C=O) groups is 1. The maximum absolute atomic E-state index is 12.1. The molecule has 1 aliphatic heterocycles. The van der Waals surface area contributed by atoms with Gasteiger partial charge in [-0.3, -0.25) is 9.69 Å². The topological polar surface area (TPSA) is 64.1 Å². The van der Waals surface area contributed by atoms with Gasteiger partial charge in [-0.25, -0.2) is 4.98 Å². The Hall–Kier alpha value is -3.03. The van der Waals surface area contributed by atoms with Crippen LogP contribution in [0.15, 0.2) is 48.5 Å². The molecule has 0 N–H and O–H groups in total. The lowest BCUT2D eigenvalue weighted by Gasteiger charge is -2.36. The molecule has 5 rings (SSSR count). The van der Waals surface area contributed by atoms with Crippen LogP contribution < -0.4 is 14.4 Å². The number of ether oxygens (including phenoxy) is 3. The van der Waals surface area contributed by atoms with Crippen molar-refractivity contribution < 1.29 is 19.0 Å². The molecule has 2 heterocycles. The summed E-state index contributed by atoms with van der Waals surface area (Å²) in [4.78, 5) is 21.5. The van der Waals surface area contributed by atoms with Crippen molar-refractivity contribution in [2.75, 3.05) is 51.0 Å². The van der Waals surface area contributed by atoms with Gasteiger partial charge in [0.15, 0.2) is 0 Å². The number of piperazine rings is 1. The number of fused-ring (bicyclic) bond motifs is 1. The molecule has 3 aromatic rings. The summed E-state index contributed by atoms with van der Waals surface area (Å²) in [5.74, 6) is 1.08. The van der Waals surface area contributed by atoms with Crippen molar-refractivity contribution in [2.45, 2.75) is 45.4 Å². The number of esters is 1. The van der Waals surface area contributed by atoms with Crippen LogP contribution in [-0.4, -0.2) is 62.0 Å². The van der Waals surface area contributed by atoms with E-state index in [0.717, 1.165) is 104 Å². The van der Waals surface area contributed by atoms with E-state index < -0.39 is 0 Å². The van der Waals surface area contributed by atoms with Crippen LogP contribution in [0.1, 0.15) is 44.1 Å². The van der Waals surface area contributed by atoms with Gasteiger partial charge >= 0.3 is 5.97 Å². The average molecular weight is 552 g/mol. The zero-order valence-corrected chi connectivity index (χ0v) is 23.5. The number of hydrogen-bond donors (Lipinski definition) is 0.